The molecule has 0 aliphatic carbocycles. The number of aromatic amines is 1. The Morgan fingerprint density at radius 2 is 2.30 bits per heavy atom. The predicted octanol–water partition coefficient (Wildman–Crippen LogP) is 1.75. The number of nitrogens with zero attached hydrogens (tertiary/aromatic N) is 3. The molecule has 1 unspecified atom stereocenters. The highest BCUT2D eigenvalue weighted by Crippen LogP contribution is 2.28. The summed E-state index contributed by atoms with van der Waals surface area (Å²) in [6.45, 7) is 0. The average molecular weight is 310 g/mol. The highest BCUT2D eigenvalue weighted by Gasteiger charge is 2.28. The number of rotatable bonds is 2. The molecule has 1 fully saturated rings. The van der Waals surface area contributed by atoms with E-state index in [9.17, 15) is 8.42 Å². The maximum atomic E-state index is 11.8. The number of nitrogens with one attached hydrogen (secondary N) is 1. The number of aromatic nitrogens is 4. The van der Waals surface area contributed by atoms with Gasteiger partial charge in [0.25, 0.3) is 0 Å². The SMILES string of the molecule is O=S1(=O)CCCC(n2c(-c3cccnc3)n[nH]c2=S)C1. The van der Waals surface area contributed by atoms with E-state index in [0.29, 0.717) is 17.0 Å². The molecule has 0 bridgehead atoms. The first kappa shape index (κ1) is 13.4. The van der Waals surface area contributed by atoms with Gasteiger partial charge in [0.2, 0.25) is 0 Å². The summed E-state index contributed by atoms with van der Waals surface area (Å²) in [4.78, 5) is 4.07. The summed E-state index contributed by atoms with van der Waals surface area (Å²) < 4.78 is 25.9. The van der Waals surface area contributed by atoms with Crippen molar-refractivity contribution in [3.63, 3.8) is 0 Å². The van der Waals surface area contributed by atoms with E-state index < -0.39 is 9.84 Å². The zero-order chi connectivity index (χ0) is 14.2. The Morgan fingerprint density at radius 3 is 3.00 bits per heavy atom. The number of H-pyrrole nitrogens is 1. The Balaban J connectivity index is 2.06. The van der Waals surface area contributed by atoms with Crippen LogP contribution in [0.3, 0.4) is 0 Å². The lowest BCUT2D eigenvalue weighted by Crippen LogP contribution is -2.28. The van der Waals surface area contributed by atoms with E-state index in [-0.39, 0.29) is 17.5 Å². The van der Waals surface area contributed by atoms with E-state index in [1.54, 1.807) is 12.4 Å². The maximum absolute atomic E-state index is 11.8. The minimum Gasteiger partial charge on any atom is -0.296 e. The summed E-state index contributed by atoms with van der Waals surface area (Å²) in [7, 11) is -3.00. The predicted molar refractivity (Wildman–Crippen MR) is 77.6 cm³/mol. The molecule has 0 saturated carbocycles. The van der Waals surface area contributed by atoms with Gasteiger partial charge in [-0.3, -0.25) is 14.6 Å². The monoisotopic (exact) mass is 310 g/mol. The van der Waals surface area contributed by atoms with Crippen molar-refractivity contribution in [3.8, 4) is 11.4 Å². The van der Waals surface area contributed by atoms with E-state index in [1.165, 1.54) is 0 Å². The third-order valence-corrected chi connectivity index (χ3v) is 5.52. The summed E-state index contributed by atoms with van der Waals surface area (Å²) in [5.41, 5.74) is 0.822. The van der Waals surface area contributed by atoms with E-state index in [0.717, 1.165) is 12.0 Å². The minimum absolute atomic E-state index is 0.119. The van der Waals surface area contributed by atoms with Gasteiger partial charge < -0.3 is 0 Å². The molecule has 1 aliphatic rings. The molecule has 2 aromatic heterocycles. The molecule has 1 atom stereocenters. The third kappa shape index (κ3) is 2.53. The van der Waals surface area contributed by atoms with Crippen molar-refractivity contribution in [2.45, 2.75) is 18.9 Å². The fourth-order valence-corrected chi connectivity index (χ4v) is 4.50. The Kier molecular flexibility index (Phi) is 3.43. The first-order valence-electron chi connectivity index (χ1n) is 6.34. The molecule has 0 spiro atoms. The van der Waals surface area contributed by atoms with Gasteiger partial charge in [-0.15, -0.1) is 0 Å². The van der Waals surface area contributed by atoms with Crippen LogP contribution in [0.1, 0.15) is 18.9 Å². The molecule has 106 valence electrons. The smallest absolute Gasteiger partial charge is 0.195 e. The van der Waals surface area contributed by atoms with Gasteiger partial charge in [-0.25, -0.2) is 8.42 Å². The molecule has 20 heavy (non-hydrogen) atoms. The minimum atomic E-state index is -3.00. The number of hydrogen-bond acceptors (Lipinski definition) is 5. The molecular formula is C12H14N4O2S2. The standard InChI is InChI=1S/C12H14N4O2S2/c17-20(18)6-2-4-10(8-20)16-11(14-15-12(16)19)9-3-1-5-13-7-9/h1,3,5,7,10H,2,4,6,8H2,(H,15,19). The fraction of sp³-hybridized carbons (Fsp3) is 0.417. The van der Waals surface area contributed by atoms with Crippen LogP contribution in [-0.2, 0) is 9.84 Å². The van der Waals surface area contributed by atoms with Crippen molar-refractivity contribution in [2.75, 3.05) is 11.5 Å². The van der Waals surface area contributed by atoms with Crippen molar-refractivity contribution in [1.29, 1.82) is 0 Å². The van der Waals surface area contributed by atoms with Crippen LogP contribution in [0, 0.1) is 4.77 Å². The zero-order valence-electron chi connectivity index (χ0n) is 10.7. The molecule has 0 radical (unpaired) electrons. The lowest BCUT2D eigenvalue weighted by atomic mass is 10.1. The second kappa shape index (κ2) is 5.10. The van der Waals surface area contributed by atoms with E-state index in [1.807, 2.05) is 16.7 Å². The second-order valence-electron chi connectivity index (χ2n) is 4.87. The van der Waals surface area contributed by atoms with Crippen LogP contribution >= 0.6 is 12.2 Å². The maximum Gasteiger partial charge on any atom is 0.195 e. The van der Waals surface area contributed by atoms with Crippen molar-refractivity contribution in [1.82, 2.24) is 19.7 Å². The van der Waals surface area contributed by atoms with Gasteiger partial charge in [-0.1, -0.05) is 0 Å². The Bertz CT molecular complexity index is 764. The van der Waals surface area contributed by atoms with Gasteiger partial charge in [0.05, 0.1) is 17.5 Å². The van der Waals surface area contributed by atoms with Crippen molar-refractivity contribution in [3.05, 3.63) is 29.3 Å². The molecule has 1 aliphatic heterocycles. The van der Waals surface area contributed by atoms with Gasteiger partial charge in [-0.2, -0.15) is 5.10 Å². The Morgan fingerprint density at radius 1 is 1.45 bits per heavy atom. The normalized spacial score (nSPS) is 21.7. The van der Waals surface area contributed by atoms with Crippen LogP contribution in [0.4, 0.5) is 0 Å². The summed E-state index contributed by atoms with van der Waals surface area (Å²) in [6.07, 6.45) is 4.83. The second-order valence-corrected chi connectivity index (χ2v) is 7.49. The van der Waals surface area contributed by atoms with Gasteiger partial charge in [0, 0.05) is 18.0 Å². The Labute approximate surface area is 121 Å². The van der Waals surface area contributed by atoms with Crippen LogP contribution in [0.5, 0.6) is 0 Å². The lowest BCUT2D eigenvalue weighted by Gasteiger charge is -2.24. The van der Waals surface area contributed by atoms with Gasteiger partial charge in [-0.05, 0) is 37.2 Å². The molecule has 1 N–H and O–H groups in total. The number of sulfone groups is 1. The molecule has 3 rings (SSSR count). The van der Waals surface area contributed by atoms with Gasteiger partial charge in [0.15, 0.2) is 20.4 Å². The lowest BCUT2D eigenvalue weighted by molar-refractivity contribution is 0.469. The average Bonchev–Trinajstić information content (AvgIpc) is 2.80. The van der Waals surface area contributed by atoms with Crippen molar-refractivity contribution < 1.29 is 8.42 Å². The van der Waals surface area contributed by atoms with Crippen molar-refractivity contribution in [2.24, 2.45) is 0 Å². The van der Waals surface area contributed by atoms with Gasteiger partial charge in [0.1, 0.15) is 0 Å². The molecular weight excluding hydrogens is 296 g/mol. The highest BCUT2D eigenvalue weighted by atomic mass is 32.2. The summed E-state index contributed by atoms with van der Waals surface area (Å²) in [6, 6.07) is 3.54. The van der Waals surface area contributed by atoms with Crippen LogP contribution in [0.2, 0.25) is 0 Å². The van der Waals surface area contributed by atoms with Crippen molar-refractivity contribution >= 4 is 22.1 Å². The highest BCUT2D eigenvalue weighted by molar-refractivity contribution is 7.91. The molecule has 0 aromatic carbocycles. The zero-order valence-corrected chi connectivity index (χ0v) is 12.3. The molecule has 1 saturated heterocycles. The first-order valence-corrected chi connectivity index (χ1v) is 8.57. The van der Waals surface area contributed by atoms with Crippen LogP contribution < -0.4 is 0 Å². The quantitative estimate of drug-likeness (QED) is 0.855. The van der Waals surface area contributed by atoms with E-state index in [4.69, 9.17) is 12.2 Å². The molecule has 0 amide bonds. The van der Waals surface area contributed by atoms with Crippen LogP contribution in [0.25, 0.3) is 11.4 Å². The number of hydrogen-bond donors (Lipinski definition) is 1. The largest absolute Gasteiger partial charge is 0.296 e. The molecule has 2 aromatic rings. The molecule has 8 heteroatoms. The summed E-state index contributed by atoms with van der Waals surface area (Å²) in [5.74, 6) is 1.02. The van der Waals surface area contributed by atoms with Crippen LogP contribution in [0.15, 0.2) is 24.5 Å². The van der Waals surface area contributed by atoms with E-state index in [2.05, 4.69) is 15.2 Å². The molecule has 3 heterocycles. The number of pyridine rings is 1. The topological polar surface area (TPSA) is 80.6 Å². The summed E-state index contributed by atoms with van der Waals surface area (Å²) >= 11 is 5.26. The fourth-order valence-electron chi connectivity index (χ4n) is 2.54. The van der Waals surface area contributed by atoms with Crippen LogP contribution in [-0.4, -0.2) is 39.7 Å². The van der Waals surface area contributed by atoms with E-state index >= 15 is 0 Å². The summed E-state index contributed by atoms with van der Waals surface area (Å²) in [5, 5.41) is 6.97. The Hall–Kier alpha value is -1.54. The first-order chi connectivity index (χ1) is 9.57. The molecule has 6 nitrogen and oxygen atoms in total. The van der Waals surface area contributed by atoms with Gasteiger partial charge >= 0.3 is 0 Å². The third-order valence-electron chi connectivity index (χ3n) is 3.43.